The molecule has 1 spiro atoms. The molecule has 29 heavy (non-hydrogen) atoms. The van der Waals surface area contributed by atoms with Crippen molar-refractivity contribution < 1.29 is 9.13 Å². The Morgan fingerprint density at radius 2 is 2.07 bits per heavy atom. The fourth-order valence-electron chi connectivity index (χ4n) is 4.69. The highest BCUT2D eigenvalue weighted by Crippen LogP contribution is 2.56. The van der Waals surface area contributed by atoms with E-state index in [2.05, 4.69) is 26.7 Å². The van der Waals surface area contributed by atoms with Crippen LogP contribution >= 0.6 is 12.4 Å². The first-order valence-corrected chi connectivity index (χ1v) is 10.5. The van der Waals surface area contributed by atoms with Crippen LogP contribution in [-0.4, -0.2) is 40.2 Å². The van der Waals surface area contributed by atoms with Crippen molar-refractivity contribution >= 4 is 12.4 Å². The van der Waals surface area contributed by atoms with E-state index in [1.807, 2.05) is 25.4 Å². The van der Waals surface area contributed by atoms with Crippen LogP contribution in [0.4, 0.5) is 4.39 Å². The molecule has 160 valence electrons. The molecule has 2 fully saturated rings. The van der Waals surface area contributed by atoms with Gasteiger partial charge >= 0.3 is 0 Å². The van der Waals surface area contributed by atoms with E-state index in [0.29, 0.717) is 23.8 Å². The van der Waals surface area contributed by atoms with Gasteiger partial charge in [0.15, 0.2) is 11.6 Å². The first-order chi connectivity index (χ1) is 13.6. The average Bonchev–Trinajstić information content (AvgIpc) is 3.18. The molecule has 1 atom stereocenters. The molecule has 0 radical (unpaired) electrons. The van der Waals surface area contributed by atoms with Crippen LogP contribution in [-0.2, 0) is 19.6 Å². The largest absolute Gasteiger partial charge is 0.491 e. The molecule has 2 aliphatic rings. The van der Waals surface area contributed by atoms with Crippen LogP contribution in [0.5, 0.6) is 5.75 Å². The zero-order valence-electron chi connectivity index (χ0n) is 17.4. The summed E-state index contributed by atoms with van der Waals surface area (Å²) >= 11 is 0. The third kappa shape index (κ3) is 4.76. The highest BCUT2D eigenvalue weighted by molar-refractivity contribution is 5.85. The molecule has 1 N–H and O–H groups in total. The topological polar surface area (TPSA) is 42.3 Å². The van der Waals surface area contributed by atoms with Gasteiger partial charge in [0.1, 0.15) is 5.82 Å². The lowest BCUT2D eigenvalue weighted by Gasteiger charge is -2.29. The fraction of sp³-hybridized carbons (Fsp3) is 0.591. The van der Waals surface area contributed by atoms with Gasteiger partial charge in [0.25, 0.3) is 0 Å². The molecule has 0 amide bonds. The number of imidazole rings is 1. The Kier molecular flexibility index (Phi) is 7.19. The normalized spacial score (nSPS) is 19.9. The van der Waals surface area contributed by atoms with Crippen LogP contribution in [0.15, 0.2) is 30.6 Å². The summed E-state index contributed by atoms with van der Waals surface area (Å²) in [5.74, 6) is 1.15. The highest BCUT2D eigenvalue weighted by atomic mass is 35.5. The van der Waals surface area contributed by atoms with Gasteiger partial charge in [-0.2, -0.15) is 0 Å². The zero-order valence-corrected chi connectivity index (χ0v) is 18.2. The second-order valence-electron chi connectivity index (χ2n) is 8.06. The van der Waals surface area contributed by atoms with Gasteiger partial charge in [0, 0.05) is 31.5 Å². The average molecular weight is 423 g/mol. The molecular formula is C22H32ClFN4O. The highest BCUT2D eigenvalue weighted by Gasteiger charge is 2.56. The van der Waals surface area contributed by atoms with Crippen molar-refractivity contribution in [2.75, 3.05) is 19.7 Å². The Morgan fingerprint density at radius 3 is 2.76 bits per heavy atom. The van der Waals surface area contributed by atoms with E-state index in [4.69, 9.17) is 4.74 Å². The molecule has 1 aromatic heterocycles. The number of nitrogens with one attached hydrogen (secondary N) is 1. The minimum Gasteiger partial charge on any atom is -0.491 e. The molecule has 1 aliphatic heterocycles. The van der Waals surface area contributed by atoms with Crippen LogP contribution in [0.25, 0.3) is 0 Å². The third-order valence-corrected chi connectivity index (χ3v) is 6.36. The minimum atomic E-state index is -0.276. The minimum absolute atomic E-state index is 0. The van der Waals surface area contributed by atoms with Gasteiger partial charge in [-0.25, -0.2) is 9.37 Å². The number of ether oxygens (including phenoxy) is 1. The molecule has 1 unspecified atom stereocenters. The summed E-state index contributed by atoms with van der Waals surface area (Å²) in [5.41, 5.74) is 1.42. The van der Waals surface area contributed by atoms with Gasteiger partial charge in [0.2, 0.25) is 0 Å². The zero-order chi connectivity index (χ0) is 19.6. The summed E-state index contributed by atoms with van der Waals surface area (Å²) in [6.45, 7) is 9.15. The number of aryl methyl sites for hydroxylation is 1. The molecular weight excluding hydrogens is 391 g/mol. The smallest absolute Gasteiger partial charge is 0.165 e. The van der Waals surface area contributed by atoms with E-state index >= 15 is 0 Å². The van der Waals surface area contributed by atoms with Crippen molar-refractivity contribution in [3.8, 4) is 5.75 Å². The van der Waals surface area contributed by atoms with E-state index in [1.54, 1.807) is 12.1 Å². The molecule has 1 saturated heterocycles. The number of aromatic nitrogens is 2. The quantitative estimate of drug-likeness (QED) is 0.698. The molecule has 4 rings (SSSR count). The maximum absolute atomic E-state index is 14.4. The Labute approximate surface area is 179 Å². The van der Waals surface area contributed by atoms with E-state index in [-0.39, 0.29) is 18.2 Å². The summed E-state index contributed by atoms with van der Waals surface area (Å²) < 4.78 is 21.9. The molecule has 1 aromatic carbocycles. The van der Waals surface area contributed by atoms with Gasteiger partial charge < -0.3 is 14.6 Å². The van der Waals surface area contributed by atoms with Crippen LogP contribution in [0, 0.1) is 11.2 Å². The lowest BCUT2D eigenvalue weighted by Crippen LogP contribution is -2.36. The second-order valence-corrected chi connectivity index (χ2v) is 8.06. The van der Waals surface area contributed by atoms with Crippen molar-refractivity contribution in [3.63, 3.8) is 0 Å². The van der Waals surface area contributed by atoms with Gasteiger partial charge in [-0.05, 0) is 69.3 Å². The Morgan fingerprint density at radius 1 is 1.28 bits per heavy atom. The van der Waals surface area contributed by atoms with Crippen LogP contribution in [0.2, 0.25) is 0 Å². The van der Waals surface area contributed by atoms with Crippen molar-refractivity contribution in [3.05, 3.63) is 47.8 Å². The molecule has 5 nitrogen and oxygen atoms in total. The number of piperidine rings is 1. The van der Waals surface area contributed by atoms with Gasteiger partial charge in [0.05, 0.1) is 13.2 Å². The summed E-state index contributed by atoms with van der Waals surface area (Å²) in [6.07, 6.45) is 7.61. The second kappa shape index (κ2) is 9.45. The number of rotatable bonds is 8. The summed E-state index contributed by atoms with van der Waals surface area (Å²) in [4.78, 5) is 7.09. The predicted octanol–water partition coefficient (Wildman–Crippen LogP) is 4.01. The maximum Gasteiger partial charge on any atom is 0.165 e. The Bertz CT molecular complexity index is 806. The third-order valence-electron chi connectivity index (χ3n) is 6.36. The number of nitrogens with zero attached hydrogens (tertiary/aromatic N) is 3. The van der Waals surface area contributed by atoms with E-state index < -0.39 is 0 Å². The van der Waals surface area contributed by atoms with Crippen molar-refractivity contribution in [2.24, 2.45) is 5.41 Å². The molecule has 0 bridgehead atoms. The van der Waals surface area contributed by atoms with E-state index in [1.165, 1.54) is 19.3 Å². The number of hydrogen-bond acceptors (Lipinski definition) is 4. The lowest BCUT2D eigenvalue weighted by molar-refractivity contribution is 0.182. The first kappa shape index (κ1) is 22.1. The van der Waals surface area contributed by atoms with E-state index in [0.717, 1.165) is 44.1 Å². The fourth-order valence-corrected chi connectivity index (χ4v) is 4.69. The SMILES string of the molecule is CCOc1ccc(CN(Cc2nccn2CC)C2CC23CCNCC3)cc1F.Cl. The van der Waals surface area contributed by atoms with E-state index in [9.17, 15) is 4.39 Å². The molecule has 7 heteroatoms. The van der Waals surface area contributed by atoms with Gasteiger partial charge in [-0.1, -0.05) is 6.07 Å². The molecule has 2 heterocycles. The predicted molar refractivity (Wildman–Crippen MR) is 115 cm³/mol. The maximum atomic E-state index is 14.4. The monoisotopic (exact) mass is 422 g/mol. The van der Waals surface area contributed by atoms with Crippen molar-refractivity contribution in [2.45, 2.75) is 58.8 Å². The standard InChI is InChI=1S/C22H31FN4O.ClH/c1-3-26-12-11-25-21(26)16-27(20-14-22(20)7-9-24-10-8-22)15-17-5-6-19(28-4-2)18(23)13-17;/h5-6,11-13,20,24H,3-4,7-10,14-16H2,1-2H3;1H. The van der Waals surface area contributed by atoms with Gasteiger partial charge in [-0.3, -0.25) is 4.90 Å². The molecule has 2 aromatic rings. The summed E-state index contributed by atoms with van der Waals surface area (Å²) in [5, 5.41) is 3.48. The Hall–Kier alpha value is -1.63. The van der Waals surface area contributed by atoms with Crippen LogP contribution < -0.4 is 10.1 Å². The van der Waals surface area contributed by atoms with Crippen molar-refractivity contribution in [1.29, 1.82) is 0 Å². The number of hydrogen-bond donors (Lipinski definition) is 1. The summed E-state index contributed by atoms with van der Waals surface area (Å²) in [6, 6.07) is 5.92. The van der Waals surface area contributed by atoms with Crippen molar-refractivity contribution in [1.82, 2.24) is 19.8 Å². The number of halogens is 2. The first-order valence-electron chi connectivity index (χ1n) is 10.5. The Balaban J connectivity index is 0.00000240. The lowest BCUT2D eigenvalue weighted by atomic mass is 9.93. The number of benzene rings is 1. The van der Waals surface area contributed by atoms with Crippen LogP contribution in [0.1, 0.15) is 44.5 Å². The molecule has 1 aliphatic carbocycles. The van der Waals surface area contributed by atoms with Crippen LogP contribution in [0.3, 0.4) is 0 Å². The summed E-state index contributed by atoms with van der Waals surface area (Å²) in [7, 11) is 0. The van der Waals surface area contributed by atoms with Gasteiger partial charge in [-0.15, -0.1) is 12.4 Å². The molecule has 1 saturated carbocycles.